The molecule has 1 aliphatic rings. The first-order chi connectivity index (χ1) is 14.0. The van der Waals surface area contributed by atoms with E-state index in [9.17, 15) is 5.11 Å². The zero-order chi connectivity index (χ0) is 20.6. The molecule has 0 aliphatic carbocycles. The maximum atomic E-state index is 10.3. The standard InChI is InChI=1S/C21H31N3O4S/c1-16-10-19(28-22-16)14-23(2)12-17-4-5-20(21(11-17)26-3)27-15-18(25)13-24-6-8-29-9-7-24/h4-5,10-11,18,25H,6-9,12-15H2,1-3H3. The molecular weight excluding hydrogens is 390 g/mol. The third kappa shape index (κ3) is 6.92. The second kappa shape index (κ2) is 10.9. The molecule has 1 saturated heterocycles. The number of ether oxygens (including phenoxy) is 2. The molecule has 0 amide bonds. The van der Waals surface area contributed by atoms with Crippen molar-refractivity contribution in [1.29, 1.82) is 0 Å². The van der Waals surface area contributed by atoms with E-state index in [4.69, 9.17) is 14.0 Å². The number of hydrogen-bond donors (Lipinski definition) is 1. The number of thioether (sulfide) groups is 1. The van der Waals surface area contributed by atoms with Crippen LogP contribution in [0.2, 0.25) is 0 Å². The van der Waals surface area contributed by atoms with Crippen molar-refractivity contribution in [2.45, 2.75) is 26.1 Å². The molecule has 1 aromatic carbocycles. The Hall–Kier alpha value is -1.74. The van der Waals surface area contributed by atoms with Crippen molar-refractivity contribution < 1.29 is 19.1 Å². The average molecular weight is 422 g/mol. The van der Waals surface area contributed by atoms with Crippen LogP contribution in [0.15, 0.2) is 28.8 Å². The number of methoxy groups -OCH3 is 1. The normalized spacial score (nSPS) is 16.2. The van der Waals surface area contributed by atoms with Gasteiger partial charge in [-0.15, -0.1) is 0 Å². The van der Waals surface area contributed by atoms with Crippen LogP contribution in [0.5, 0.6) is 11.5 Å². The minimum Gasteiger partial charge on any atom is -0.493 e. The first-order valence-corrected chi connectivity index (χ1v) is 11.1. The zero-order valence-electron chi connectivity index (χ0n) is 17.5. The molecular formula is C21H31N3O4S. The number of benzene rings is 1. The number of aliphatic hydroxyl groups excluding tert-OH is 1. The Bertz CT molecular complexity index is 764. The number of aromatic nitrogens is 1. The van der Waals surface area contributed by atoms with E-state index < -0.39 is 6.10 Å². The lowest BCUT2D eigenvalue weighted by Crippen LogP contribution is -2.40. The van der Waals surface area contributed by atoms with Gasteiger partial charge in [-0.2, -0.15) is 11.8 Å². The molecule has 1 unspecified atom stereocenters. The van der Waals surface area contributed by atoms with Crippen LogP contribution >= 0.6 is 11.8 Å². The van der Waals surface area contributed by atoms with Gasteiger partial charge in [-0.25, -0.2) is 0 Å². The van der Waals surface area contributed by atoms with Gasteiger partial charge in [0.1, 0.15) is 12.7 Å². The van der Waals surface area contributed by atoms with Crippen LogP contribution in [-0.2, 0) is 13.1 Å². The highest BCUT2D eigenvalue weighted by Crippen LogP contribution is 2.29. The van der Waals surface area contributed by atoms with Gasteiger partial charge >= 0.3 is 0 Å². The Morgan fingerprint density at radius 1 is 1.24 bits per heavy atom. The van der Waals surface area contributed by atoms with Gasteiger partial charge in [0.2, 0.25) is 0 Å². The van der Waals surface area contributed by atoms with Gasteiger partial charge < -0.3 is 19.1 Å². The summed E-state index contributed by atoms with van der Waals surface area (Å²) >= 11 is 1.96. The lowest BCUT2D eigenvalue weighted by molar-refractivity contribution is 0.0704. The summed E-state index contributed by atoms with van der Waals surface area (Å²) < 4.78 is 16.6. The fraction of sp³-hybridized carbons (Fsp3) is 0.571. The van der Waals surface area contributed by atoms with Gasteiger partial charge in [-0.3, -0.25) is 9.80 Å². The molecule has 1 atom stereocenters. The summed E-state index contributed by atoms with van der Waals surface area (Å²) in [6.45, 7) is 6.30. The number of rotatable bonds is 10. The number of β-amino-alcohol motifs (C(OH)–C–C–N with tert-alkyl or cyclic N) is 1. The van der Waals surface area contributed by atoms with Crippen LogP contribution in [0.3, 0.4) is 0 Å². The Kier molecular flexibility index (Phi) is 8.23. The number of hydrogen-bond acceptors (Lipinski definition) is 8. The van der Waals surface area contributed by atoms with Gasteiger partial charge in [0, 0.05) is 43.8 Å². The van der Waals surface area contributed by atoms with Crippen molar-refractivity contribution >= 4 is 11.8 Å². The monoisotopic (exact) mass is 421 g/mol. The summed E-state index contributed by atoms with van der Waals surface area (Å²) in [6.07, 6.45) is -0.515. The van der Waals surface area contributed by atoms with Crippen LogP contribution in [0.25, 0.3) is 0 Å². The number of aliphatic hydroxyl groups is 1. The van der Waals surface area contributed by atoms with Gasteiger partial charge in [-0.1, -0.05) is 11.2 Å². The summed E-state index contributed by atoms with van der Waals surface area (Å²) in [5.41, 5.74) is 2.00. The van der Waals surface area contributed by atoms with Crippen molar-refractivity contribution in [2.24, 2.45) is 0 Å². The third-order valence-electron chi connectivity index (χ3n) is 4.79. The maximum Gasteiger partial charge on any atom is 0.161 e. The molecule has 2 aromatic rings. The van der Waals surface area contributed by atoms with E-state index in [0.717, 1.165) is 48.2 Å². The SMILES string of the molecule is COc1cc(CN(C)Cc2cc(C)no2)ccc1OCC(O)CN1CCSCC1. The quantitative estimate of drug-likeness (QED) is 0.627. The molecule has 0 saturated carbocycles. The van der Waals surface area contributed by atoms with E-state index in [0.29, 0.717) is 24.6 Å². The van der Waals surface area contributed by atoms with Gasteiger partial charge in [0.25, 0.3) is 0 Å². The molecule has 2 heterocycles. The summed E-state index contributed by atoms with van der Waals surface area (Å²) in [6, 6.07) is 7.85. The van der Waals surface area contributed by atoms with Crippen molar-refractivity contribution in [1.82, 2.24) is 15.0 Å². The predicted molar refractivity (Wildman–Crippen MR) is 115 cm³/mol. The molecule has 7 nitrogen and oxygen atoms in total. The summed E-state index contributed by atoms with van der Waals surface area (Å²) in [5, 5.41) is 14.2. The lowest BCUT2D eigenvalue weighted by atomic mass is 10.2. The number of aryl methyl sites for hydroxylation is 1. The molecule has 0 radical (unpaired) electrons. The topological polar surface area (TPSA) is 71.2 Å². The Labute approximate surface area is 176 Å². The first-order valence-electron chi connectivity index (χ1n) is 9.92. The average Bonchev–Trinajstić information content (AvgIpc) is 3.12. The summed E-state index contributed by atoms with van der Waals surface area (Å²) in [5.74, 6) is 4.44. The highest BCUT2D eigenvalue weighted by Gasteiger charge is 2.16. The molecule has 1 aromatic heterocycles. The first kappa shape index (κ1) is 22.0. The maximum absolute atomic E-state index is 10.3. The fourth-order valence-corrected chi connectivity index (χ4v) is 4.35. The van der Waals surface area contributed by atoms with Gasteiger partial charge in [0.15, 0.2) is 17.3 Å². The molecule has 160 valence electrons. The number of nitrogens with zero attached hydrogens (tertiary/aromatic N) is 3. The molecule has 0 spiro atoms. The molecule has 1 N–H and O–H groups in total. The van der Waals surface area contributed by atoms with Gasteiger partial charge in [-0.05, 0) is 31.7 Å². The molecule has 3 rings (SSSR count). The smallest absolute Gasteiger partial charge is 0.161 e. The summed E-state index contributed by atoms with van der Waals surface area (Å²) in [7, 11) is 3.67. The van der Waals surface area contributed by atoms with Crippen molar-refractivity contribution in [3.05, 3.63) is 41.3 Å². The van der Waals surface area contributed by atoms with Crippen LogP contribution < -0.4 is 9.47 Å². The largest absolute Gasteiger partial charge is 0.493 e. The predicted octanol–water partition coefficient (Wildman–Crippen LogP) is 2.41. The highest BCUT2D eigenvalue weighted by atomic mass is 32.2. The molecule has 29 heavy (non-hydrogen) atoms. The van der Waals surface area contributed by atoms with E-state index in [-0.39, 0.29) is 6.61 Å². The highest BCUT2D eigenvalue weighted by molar-refractivity contribution is 7.99. The molecule has 1 fully saturated rings. The Morgan fingerprint density at radius 2 is 2.03 bits per heavy atom. The second-order valence-electron chi connectivity index (χ2n) is 7.47. The minimum atomic E-state index is -0.515. The lowest BCUT2D eigenvalue weighted by Gasteiger charge is -2.28. The fourth-order valence-electron chi connectivity index (χ4n) is 3.37. The minimum absolute atomic E-state index is 0.254. The zero-order valence-corrected chi connectivity index (χ0v) is 18.3. The van der Waals surface area contributed by atoms with Crippen molar-refractivity contribution in [3.8, 4) is 11.5 Å². The Balaban J connectivity index is 1.51. The molecule has 1 aliphatic heterocycles. The van der Waals surface area contributed by atoms with Crippen molar-refractivity contribution in [2.75, 3.05) is 51.9 Å². The van der Waals surface area contributed by atoms with E-state index in [1.807, 2.05) is 50.0 Å². The van der Waals surface area contributed by atoms with E-state index >= 15 is 0 Å². The third-order valence-corrected chi connectivity index (χ3v) is 5.73. The van der Waals surface area contributed by atoms with E-state index in [1.165, 1.54) is 0 Å². The summed E-state index contributed by atoms with van der Waals surface area (Å²) in [4.78, 5) is 4.44. The molecule has 0 bridgehead atoms. The van der Waals surface area contributed by atoms with E-state index in [1.54, 1.807) is 7.11 Å². The Morgan fingerprint density at radius 3 is 2.72 bits per heavy atom. The second-order valence-corrected chi connectivity index (χ2v) is 8.69. The van der Waals surface area contributed by atoms with Crippen LogP contribution in [0, 0.1) is 6.92 Å². The van der Waals surface area contributed by atoms with Crippen LogP contribution in [0.1, 0.15) is 17.0 Å². The van der Waals surface area contributed by atoms with E-state index in [2.05, 4.69) is 15.0 Å². The van der Waals surface area contributed by atoms with Crippen LogP contribution in [0.4, 0.5) is 0 Å². The van der Waals surface area contributed by atoms with Crippen LogP contribution in [-0.4, -0.2) is 78.1 Å². The molecule has 8 heteroatoms. The van der Waals surface area contributed by atoms with Gasteiger partial charge in [0.05, 0.1) is 19.3 Å². The van der Waals surface area contributed by atoms with Crippen molar-refractivity contribution in [3.63, 3.8) is 0 Å².